The zero-order chi connectivity index (χ0) is 25.4. The summed E-state index contributed by atoms with van der Waals surface area (Å²) in [6, 6.07) is 12.9. The topological polar surface area (TPSA) is 87.5 Å². The summed E-state index contributed by atoms with van der Waals surface area (Å²) in [5.74, 6) is 0.107. The van der Waals surface area contributed by atoms with Gasteiger partial charge in [-0.2, -0.15) is 23.3 Å². The number of hydrogen-bond donors (Lipinski definition) is 1. The van der Waals surface area contributed by atoms with Gasteiger partial charge in [-0.05, 0) is 43.2 Å². The van der Waals surface area contributed by atoms with Gasteiger partial charge in [-0.15, -0.1) is 0 Å². The number of ether oxygens (including phenoxy) is 3. The Balaban J connectivity index is 1.43. The molecule has 0 saturated carbocycles. The minimum atomic E-state index is -4.68. The highest BCUT2D eigenvalue weighted by atomic mass is 19.4. The summed E-state index contributed by atoms with van der Waals surface area (Å²) in [5, 5.41) is 6.79. The van der Waals surface area contributed by atoms with E-state index in [-0.39, 0.29) is 29.4 Å². The molecule has 0 spiro atoms. The van der Waals surface area contributed by atoms with Crippen LogP contribution in [0.2, 0.25) is 0 Å². The minimum absolute atomic E-state index is 0.0160. The Labute approximate surface area is 203 Å². The van der Waals surface area contributed by atoms with Crippen molar-refractivity contribution in [1.29, 1.82) is 0 Å². The molecule has 0 aliphatic carbocycles. The molecule has 5 rings (SSSR count). The van der Waals surface area contributed by atoms with Crippen LogP contribution in [-0.2, 0) is 17.4 Å². The summed E-state index contributed by atoms with van der Waals surface area (Å²) in [6.45, 7) is 3.04. The zero-order valence-corrected chi connectivity index (χ0v) is 19.3. The monoisotopic (exact) mass is 498 g/mol. The van der Waals surface area contributed by atoms with Crippen molar-refractivity contribution >= 4 is 22.6 Å². The first-order valence-electron chi connectivity index (χ1n) is 11.1. The third-order valence-corrected chi connectivity index (χ3v) is 5.69. The van der Waals surface area contributed by atoms with Crippen molar-refractivity contribution < 1.29 is 32.2 Å². The third kappa shape index (κ3) is 4.51. The lowest BCUT2D eigenvalue weighted by Gasteiger charge is -2.12. The van der Waals surface area contributed by atoms with Crippen molar-refractivity contribution in [1.82, 2.24) is 14.8 Å². The zero-order valence-electron chi connectivity index (χ0n) is 19.3. The number of rotatable bonds is 6. The normalized spacial score (nSPS) is 12.7. The number of carbonyl (C=O) groups is 1. The van der Waals surface area contributed by atoms with E-state index in [1.54, 1.807) is 30.3 Å². The van der Waals surface area contributed by atoms with E-state index in [9.17, 15) is 18.0 Å². The maximum atomic E-state index is 14.0. The van der Waals surface area contributed by atoms with Crippen molar-refractivity contribution in [2.75, 3.05) is 18.7 Å². The van der Waals surface area contributed by atoms with Gasteiger partial charge in [0, 0.05) is 17.8 Å². The quantitative estimate of drug-likeness (QED) is 0.400. The van der Waals surface area contributed by atoms with E-state index in [2.05, 4.69) is 15.4 Å². The molecule has 2 aromatic carbocycles. The standard InChI is InChI=1S/C25H21F3N4O4/c1-3-15-4-7-17(8-5-15)32-24-23(14(2)31-32)18(25(26,27)28)11-22(30-24)34-12-21(33)29-16-6-9-19-20(10-16)36-13-35-19/h4-11H,3,12-13H2,1-2H3,(H,29,33). The maximum Gasteiger partial charge on any atom is 0.417 e. The van der Waals surface area contributed by atoms with Crippen LogP contribution in [0.3, 0.4) is 0 Å². The second-order valence-corrected chi connectivity index (χ2v) is 8.13. The summed E-state index contributed by atoms with van der Waals surface area (Å²) in [5.41, 5.74) is 1.29. The molecule has 2 aromatic heterocycles. The fraction of sp³-hybridized carbons (Fsp3) is 0.240. The first kappa shape index (κ1) is 23.5. The van der Waals surface area contributed by atoms with Crippen LogP contribution >= 0.6 is 0 Å². The van der Waals surface area contributed by atoms with E-state index in [0.717, 1.165) is 18.1 Å². The summed E-state index contributed by atoms with van der Waals surface area (Å²) in [6.07, 6.45) is -3.86. The van der Waals surface area contributed by atoms with Gasteiger partial charge < -0.3 is 19.5 Å². The van der Waals surface area contributed by atoms with Crippen LogP contribution in [0.15, 0.2) is 48.5 Å². The molecule has 1 aliphatic rings. The number of carbonyl (C=O) groups excluding carboxylic acids is 1. The molecule has 1 N–H and O–H groups in total. The number of nitrogens with zero attached hydrogens (tertiary/aromatic N) is 3. The lowest BCUT2D eigenvalue weighted by Crippen LogP contribution is -2.20. The summed E-state index contributed by atoms with van der Waals surface area (Å²) < 4.78 is 59.1. The predicted octanol–water partition coefficient (Wildman–Crippen LogP) is 5.06. The summed E-state index contributed by atoms with van der Waals surface area (Å²) in [7, 11) is 0. The van der Waals surface area contributed by atoms with Gasteiger partial charge in [0.25, 0.3) is 5.91 Å². The average molecular weight is 498 g/mol. The van der Waals surface area contributed by atoms with Crippen molar-refractivity contribution in [2.24, 2.45) is 0 Å². The van der Waals surface area contributed by atoms with Crippen LogP contribution in [0.5, 0.6) is 17.4 Å². The highest BCUT2D eigenvalue weighted by Crippen LogP contribution is 2.38. The highest BCUT2D eigenvalue weighted by molar-refractivity contribution is 5.92. The van der Waals surface area contributed by atoms with Gasteiger partial charge in [-0.25, -0.2) is 4.68 Å². The number of alkyl halides is 3. The van der Waals surface area contributed by atoms with E-state index in [1.807, 2.05) is 19.1 Å². The Morgan fingerprint density at radius 1 is 1.11 bits per heavy atom. The number of aryl methyl sites for hydroxylation is 2. The van der Waals surface area contributed by atoms with Crippen LogP contribution < -0.4 is 19.5 Å². The third-order valence-electron chi connectivity index (χ3n) is 5.69. The number of hydrogen-bond acceptors (Lipinski definition) is 6. The number of benzene rings is 2. The molecule has 11 heteroatoms. The predicted molar refractivity (Wildman–Crippen MR) is 125 cm³/mol. The van der Waals surface area contributed by atoms with Crippen LogP contribution in [0, 0.1) is 6.92 Å². The number of nitrogens with one attached hydrogen (secondary N) is 1. The van der Waals surface area contributed by atoms with Crippen molar-refractivity contribution in [3.63, 3.8) is 0 Å². The lowest BCUT2D eigenvalue weighted by molar-refractivity contribution is -0.136. The number of aromatic nitrogens is 3. The van der Waals surface area contributed by atoms with Gasteiger partial charge in [0.05, 0.1) is 22.3 Å². The molecule has 186 valence electrons. The SMILES string of the molecule is CCc1ccc(-n2nc(C)c3c(C(F)(F)F)cc(OCC(=O)Nc4ccc5c(c4)OCO5)nc32)cc1. The molecule has 0 radical (unpaired) electrons. The van der Waals surface area contributed by atoms with Gasteiger partial charge in [-0.3, -0.25) is 4.79 Å². The fourth-order valence-electron chi connectivity index (χ4n) is 3.93. The Morgan fingerprint density at radius 3 is 2.58 bits per heavy atom. The van der Waals surface area contributed by atoms with E-state index in [0.29, 0.717) is 22.9 Å². The molecule has 0 bridgehead atoms. The summed E-state index contributed by atoms with van der Waals surface area (Å²) in [4.78, 5) is 16.7. The average Bonchev–Trinajstić information content (AvgIpc) is 3.45. The van der Waals surface area contributed by atoms with E-state index in [4.69, 9.17) is 14.2 Å². The van der Waals surface area contributed by atoms with Gasteiger partial charge in [0.1, 0.15) is 0 Å². The van der Waals surface area contributed by atoms with Crippen molar-refractivity contribution in [3.05, 3.63) is 65.4 Å². The Bertz CT molecular complexity index is 1450. The van der Waals surface area contributed by atoms with E-state index in [1.165, 1.54) is 11.6 Å². The maximum absolute atomic E-state index is 14.0. The molecular weight excluding hydrogens is 477 g/mol. The van der Waals surface area contributed by atoms with Crippen LogP contribution in [0.25, 0.3) is 16.7 Å². The molecule has 4 aromatic rings. The van der Waals surface area contributed by atoms with Crippen LogP contribution in [0.4, 0.5) is 18.9 Å². The lowest BCUT2D eigenvalue weighted by atomic mass is 10.1. The fourth-order valence-corrected chi connectivity index (χ4v) is 3.93. The van der Waals surface area contributed by atoms with E-state index < -0.39 is 24.3 Å². The Hall–Kier alpha value is -4.28. The van der Waals surface area contributed by atoms with Crippen molar-refractivity contribution in [3.8, 4) is 23.1 Å². The molecule has 36 heavy (non-hydrogen) atoms. The molecule has 8 nitrogen and oxygen atoms in total. The number of anilines is 1. The van der Waals surface area contributed by atoms with Gasteiger partial charge in [0.2, 0.25) is 12.7 Å². The number of halogens is 3. The molecule has 0 saturated heterocycles. The molecule has 0 fully saturated rings. The van der Waals surface area contributed by atoms with E-state index >= 15 is 0 Å². The number of pyridine rings is 1. The van der Waals surface area contributed by atoms with Gasteiger partial charge in [-0.1, -0.05) is 19.1 Å². The molecule has 1 aliphatic heterocycles. The largest absolute Gasteiger partial charge is 0.467 e. The molecular formula is C25H21F3N4O4. The van der Waals surface area contributed by atoms with Crippen molar-refractivity contribution in [2.45, 2.75) is 26.4 Å². The first-order valence-corrected chi connectivity index (χ1v) is 11.1. The number of fused-ring (bicyclic) bond motifs is 2. The van der Waals surface area contributed by atoms with Gasteiger partial charge in [0.15, 0.2) is 23.8 Å². The smallest absolute Gasteiger partial charge is 0.417 e. The second kappa shape index (κ2) is 9.06. The van der Waals surface area contributed by atoms with Gasteiger partial charge >= 0.3 is 6.18 Å². The number of amides is 1. The molecule has 1 amide bonds. The molecule has 0 atom stereocenters. The minimum Gasteiger partial charge on any atom is -0.467 e. The second-order valence-electron chi connectivity index (χ2n) is 8.13. The molecule has 0 unspecified atom stereocenters. The highest BCUT2D eigenvalue weighted by Gasteiger charge is 2.36. The van der Waals surface area contributed by atoms with Crippen LogP contribution in [0.1, 0.15) is 23.7 Å². The van der Waals surface area contributed by atoms with Crippen LogP contribution in [-0.4, -0.2) is 34.1 Å². The first-order chi connectivity index (χ1) is 17.2. The summed E-state index contributed by atoms with van der Waals surface area (Å²) >= 11 is 0. The Morgan fingerprint density at radius 2 is 1.86 bits per heavy atom. The molecule has 3 heterocycles. The Kier molecular flexibility index (Phi) is 5.91.